The molecule has 0 atom stereocenters. The predicted molar refractivity (Wildman–Crippen MR) is 133 cm³/mol. The van der Waals surface area contributed by atoms with Gasteiger partial charge in [0.25, 0.3) is 0 Å². The standard InChI is InChI=1S/C27H21Cl2NO5/c1-15-25-19(13-30(14-34-25)12-17-5-8-21(28)22(29)9-17)11-20-24(31)23(35-26(15)20)10-16-3-6-18(7-4-16)27(32)33-2/h3-11H,12-14H2,1-2H3/b23-10-. The van der Waals surface area contributed by atoms with E-state index in [9.17, 15) is 9.59 Å². The first kappa shape index (κ1) is 23.4. The van der Waals surface area contributed by atoms with E-state index in [1.807, 2.05) is 25.1 Å². The summed E-state index contributed by atoms with van der Waals surface area (Å²) in [5.41, 5.74) is 4.42. The molecule has 0 N–H and O–H groups in total. The Morgan fingerprint density at radius 3 is 2.57 bits per heavy atom. The summed E-state index contributed by atoms with van der Waals surface area (Å²) in [4.78, 5) is 26.9. The highest BCUT2D eigenvalue weighted by Gasteiger charge is 2.33. The van der Waals surface area contributed by atoms with Gasteiger partial charge in [0, 0.05) is 24.2 Å². The van der Waals surface area contributed by atoms with E-state index in [1.54, 1.807) is 36.4 Å². The molecule has 0 aromatic heterocycles. The second kappa shape index (κ2) is 9.38. The van der Waals surface area contributed by atoms with E-state index in [-0.39, 0.29) is 11.5 Å². The maximum atomic E-state index is 13.2. The first-order valence-electron chi connectivity index (χ1n) is 10.9. The maximum Gasteiger partial charge on any atom is 0.337 e. The molecule has 0 aliphatic carbocycles. The van der Waals surface area contributed by atoms with Crippen molar-refractivity contribution in [2.45, 2.75) is 20.0 Å². The fourth-order valence-electron chi connectivity index (χ4n) is 4.28. The number of carbonyl (C=O) groups is 2. The number of nitrogens with zero attached hydrogens (tertiary/aromatic N) is 1. The van der Waals surface area contributed by atoms with Crippen LogP contribution in [0.4, 0.5) is 0 Å². The van der Waals surface area contributed by atoms with Gasteiger partial charge in [0.1, 0.15) is 18.2 Å². The minimum Gasteiger partial charge on any atom is -0.477 e. The van der Waals surface area contributed by atoms with E-state index in [4.69, 9.17) is 37.4 Å². The van der Waals surface area contributed by atoms with Crippen molar-refractivity contribution < 1.29 is 23.8 Å². The third-order valence-corrected chi connectivity index (χ3v) is 6.76. The molecule has 0 unspecified atom stereocenters. The topological polar surface area (TPSA) is 65.1 Å². The molecule has 6 nitrogen and oxygen atoms in total. The highest BCUT2D eigenvalue weighted by molar-refractivity contribution is 6.42. The van der Waals surface area contributed by atoms with Crippen LogP contribution >= 0.6 is 23.2 Å². The SMILES string of the molecule is COC(=O)c1ccc(/C=C2\Oc3c(cc4c(c3C)OCN(Cc3ccc(Cl)c(Cl)c3)C4)C2=O)cc1. The Balaban J connectivity index is 1.37. The van der Waals surface area contributed by atoms with E-state index < -0.39 is 5.97 Å². The van der Waals surface area contributed by atoms with Crippen molar-refractivity contribution in [2.24, 2.45) is 0 Å². The van der Waals surface area contributed by atoms with Crippen molar-refractivity contribution in [3.63, 3.8) is 0 Å². The Morgan fingerprint density at radius 2 is 1.86 bits per heavy atom. The summed E-state index contributed by atoms with van der Waals surface area (Å²) in [6.45, 7) is 3.54. The van der Waals surface area contributed by atoms with Crippen LogP contribution in [0.3, 0.4) is 0 Å². The zero-order valence-electron chi connectivity index (χ0n) is 19.1. The second-order valence-electron chi connectivity index (χ2n) is 8.43. The van der Waals surface area contributed by atoms with Crippen LogP contribution < -0.4 is 9.47 Å². The molecule has 0 bridgehead atoms. The van der Waals surface area contributed by atoms with Gasteiger partial charge >= 0.3 is 5.97 Å². The lowest BCUT2D eigenvalue weighted by Gasteiger charge is -2.30. The molecule has 2 aliphatic rings. The molecule has 8 heteroatoms. The van der Waals surface area contributed by atoms with Crippen LogP contribution in [-0.2, 0) is 17.8 Å². The van der Waals surface area contributed by atoms with Gasteiger partial charge in [-0.1, -0.05) is 41.4 Å². The van der Waals surface area contributed by atoms with E-state index >= 15 is 0 Å². The normalized spacial score (nSPS) is 15.9. The number of allylic oxidation sites excluding steroid dienone is 1. The van der Waals surface area contributed by atoms with Crippen LogP contribution in [0.15, 0.2) is 54.3 Å². The van der Waals surface area contributed by atoms with Crippen molar-refractivity contribution in [1.82, 2.24) is 4.90 Å². The highest BCUT2D eigenvalue weighted by atomic mass is 35.5. The number of ketones is 1. The fourth-order valence-corrected chi connectivity index (χ4v) is 4.60. The van der Waals surface area contributed by atoms with Gasteiger partial charge < -0.3 is 14.2 Å². The summed E-state index contributed by atoms with van der Waals surface area (Å²) in [6, 6.07) is 14.2. The van der Waals surface area contributed by atoms with Crippen LogP contribution in [0.25, 0.3) is 6.08 Å². The number of hydrogen-bond donors (Lipinski definition) is 0. The molecule has 5 rings (SSSR count). The van der Waals surface area contributed by atoms with Gasteiger partial charge in [0.15, 0.2) is 5.76 Å². The number of fused-ring (bicyclic) bond motifs is 2. The number of methoxy groups -OCH3 is 1. The molecule has 178 valence electrons. The van der Waals surface area contributed by atoms with Crippen molar-refractivity contribution in [2.75, 3.05) is 13.8 Å². The summed E-state index contributed by atoms with van der Waals surface area (Å²) < 4.78 is 16.8. The zero-order chi connectivity index (χ0) is 24.7. The quantitative estimate of drug-likeness (QED) is 0.314. The molecule has 0 radical (unpaired) electrons. The average Bonchev–Trinajstić information content (AvgIpc) is 3.17. The zero-order valence-corrected chi connectivity index (χ0v) is 20.6. The van der Waals surface area contributed by atoms with Crippen LogP contribution in [-0.4, -0.2) is 30.5 Å². The minimum absolute atomic E-state index is 0.190. The lowest BCUT2D eigenvalue weighted by atomic mass is 9.99. The third-order valence-electron chi connectivity index (χ3n) is 6.02. The van der Waals surface area contributed by atoms with Gasteiger partial charge in [-0.2, -0.15) is 0 Å². The summed E-state index contributed by atoms with van der Waals surface area (Å²) >= 11 is 12.2. The Hall–Kier alpha value is -3.32. The van der Waals surface area contributed by atoms with Gasteiger partial charge in [-0.15, -0.1) is 0 Å². The number of Topliss-reactive ketones (excluding diaryl/α,β-unsaturated/α-hetero) is 1. The monoisotopic (exact) mass is 509 g/mol. The van der Waals surface area contributed by atoms with Crippen molar-refractivity contribution in [1.29, 1.82) is 0 Å². The predicted octanol–water partition coefficient (Wildman–Crippen LogP) is 6.06. The fraction of sp³-hybridized carbons (Fsp3) is 0.185. The van der Waals surface area contributed by atoms with Gasteiger partial charge in [-0.05, 0) is 54.5 Å². The van der Waals surface area contributed by atoms with Gasteiger partial charge in [-0.25, -0.2) is 4.79 Å². The molecule has 2 aliphatic heterocycles. The average molecular weight is 510 g/mol. The molecule has 0 saturated carbocycles. The number of esters is 1. The molecule has 3 aromatic rings. The third kappa shape index (κ3) is 4.52. The minimum atomic E-state index is -0.417. The molecule has 35 heavy (non-hydrogen) atoms. The Labute approximate surface area is 212 Å². The number of hydrogen-bond acceptors (Lipinski definition) is 6. The van der Waals surface area contributed by atoms with Crippen molar-refractivity contribution in [3.05, 3.63) is 97.7 Å². The molecule has 2 heterocycles. The molecule has 0 fully saturated rings. The molecular weight excluding hydrogens is 489 g/mol. The molecule has 3 aromatic carbocycles. The number of halogens is 2. The second-order valence-corrected chi connectivity index (χ2v) is 9.24. The maximum absolute atomic E-state index is 13.2. The van der Waals surface area contributed by atoms with Crippen LogP contribution in [0.1, 0.15) is 43.0 Å². The lowest BCUT2D eigenvalue weighted by molar-refractivity contribution is 0.0600. The first-order valence-corrected chi connectivity index (χ1v) is 11.7. The van der Waals surface area contributed by atoms with Crippen molar-refractivity contribution in [3.8, 4) is 11.5 Å². The Morgan fingerprint density at radius 1 is 1.09 bits per heavy atom. The molecular formula is C27H21Cl2NO5. The van der Waals surface area contributed by atoms with E-state index in [0.29, 0.717) is 46.7 Å². The summed E-state index contributed by atoms with van der Waals surface area (Å²) in [6.07, 6.45) is 1.67. The summed E-state index contributed by atoms with van der Waals surface area (Å²) in [7, 11) is 1.33. The Kier molecular flexibility index (Phi) is 6.28. The van der Waals surface area contributed by atoms with Crippen LogP contribution in [0.2, 0.25) is 10.0 Å². The summed E-state index contributed by atoms with van der Waals surface area (Å²) in [5.74, 6) is 0.877. The summed E-state index contributed by atoms with van der Waals surface area (Å²) in [5, 5.41) is 1.03. The number of ether oxygens (including phenoxy) is 3. The largest absolute Gasteiger partial charge is 0.477 e. The van der Waals surface area contributed by atoms with Gasteiger partial charge in [-0.3, -0.25) is 9.69 Å². The number of benzene rings is 3. The first-order chi connectivity index (χ1) is 16.8. The van der Waals surface area contributed by atoms with Crippen molar-refractivity contribution >= 4 is 41.0 Å². The molecule has 0 saturated heterocycles. The van der Waals surface area contributed by atoms with Gasteiger partial charge in [0.2, 0.25) is 5.78 Å². The van der Waals surface area contributed by atoms with E-state index in [0.717, 1.165) is 28.0 Å². The molecule has 0 amide bonds. The lowest BCUT2D eigenvalue weighted by Crippen LogP contribution is -2.32. The van der Waals surface area contributed by atoms with E-state index in [1.165, 1.54) is 7.11 Å². The number of rotatable bonds is 4. The van der Waals surface area contributed by atoms with Crippen LogP contribution in [0, 0.1) is 6.92 Å². The van der Waals surface area contributed by atoms with E-state index in [2.05, 4.69) is 4.90 Å². The number of carbonyl (C=O) groups excluding carboxylic acids is 2. The van der Waals surface area contributed by atoms with Gasteiger partial charge in [0.05, 0.1) is 28.3 Å². The smallest absolute Gasteiger partial charge is 0.337 e. The Bertz CT molecular complexity index is 1380. The molecule has 0 spiro atoms. The van der Waals surface area contributed by atoms with Crippen LogP contribution in [0.5, 0.6) is 11.5 Å². The highest BCUT2D eigenvalue weighted by Crippen LogP contribution is 2.43.